The third kappa shape index (κ3) is 1.31. The first-order valence-electron chi connectivity index (χ1n) is 3.19. The number of aromatic nitrogens is 1. The first kappa shape index (κ1) is 7.61. The summed E-state index contributed by atoms with van der Waals surface area (Å²) in [6.07, 6.45) is 1.95. The van der Waals surface area contributed by atoms with Crippen LogP contribution in [0.3, 0.4) is 0 Å². The average molecular weight is 322 g/mol. The van der Waals surface area contributed by atoms with E-state index in [1.165, 1.54) is 14.5 Å². The van der Waals surface area contributed by atoms with Crippen molar-refractivity contribution >= 4 is 49.4 Å². The molecule has 0 bridgehead atoms. The third-order valence-electron chi connectivity index (χ3n) is 1.58. The van der Waals surface area contributed by atoms with Crippen LogP contribution in [-0.4, -0.2) is 4.98 Å². The zero-order valence-electron chi connectivity index (χ0n) is 5.57. The van der Waals surface area contributed by atoms with Crippen molar-refractivity contribution in [1.29, 1.82) is 0 Å². The number of H-pyrrole nitrogens is 1. The molecule has 1 aromatic carbocycles. The molecule has 11 heavy (non-hydrogen) atoms. The largest absolute Gasteiger partial charge is 0.360 e. The second kappa shape index (κ2) is 2.79. The predicted octanol–water partition coefficient (Wildman–Crippen LogP) is 3.54. The fourth-order valence-corrected chi connectivity index (χ4v) is 2.76. The Hall–Kier alpha value is -0.0300. The van der Waals surface area contributed by atoms with Gasteiger partial charge in [-0.15, -0.1) is 0 Å². The summed E-state index contributed by atoms with van der Waals surface area (Å²) in [4.78, 5) is 3.16. The van der Waals surface area contributed by atoms with Crippen LogP contribution in [0.2, 0.25) is 0 Å². The minimum absolute atomic E-state index is 1.13. The van der Waals surface area contributed by atoms with Crippen LogP contribution in [0.25, 0.3) is 10.9 Å². The molecule has 1 N–H and O–H groups in total. The smallest absolute Gasteiger partial charge is 0.0599 e. The third-order valence-corrected chi connectivity index (χ3v) is 2.82. The van der Waals surface area contributed by atoms with Crippen LogP contribution < -0.4 is 0 Å². The molecule has 56 valence electrons. The zero-order valence-corrected chi connectivity index (χ0v) is 9.31. The van der Waals surface area contributed by atoms with Crippen LogP contribution in [0.15, 0.2) is 28.9 Å². The standard InChI is InChI=1S/C8H5BrIN/c9-7-4-6(10)3-5-1-2-11-8(5)7/h1-4,11H. The van der Waals surface area contributed by atoms with Crippen molar-refractivity contribution in [3.63, 3.8) is 0 Å². The van der Waals surface area contributed by atoms with Gasteiger partial charge in [0.15, 0.2) is 0 Å². The second-order valence-electron chi connectivity index (χ2n) is 2.33. The Balaban J connectivity index is 2.91. The summed E-state index contributed by atoms with van der Waals surface area (Å²) in [6, 6.07) is 6.32. The van der Waals surface area contributed by atoms with Crippen LogP contribution in [0.5, 0.6) is 0 Å². The van der Waals surface area contributed by atoms with Gasteiger partial charge in [-0.25, -0.2) is 0 Å². The Kier molecular flexibility index (Phi) is 1.93. The maximum absolute atomic E-state index is 3.49. The Morgan fingerprint density at radius 1 is 1.36 bits per heavy atom. The van der Waals surface area contributed by atoms with E-state index in [1.807, 2.05) is 6.20 Å². The van der Waals surface area contributed by atoms with Gasteiger partial charge in [0, 0.05) is 19.6 Å². The molecule has 0 saturated heterocycles. The highest BCUT2D eigenvalue weighted by Crippen LogP contribution is 2.24. The van der Waals surface area contributed by atoms with E-state index in [2.05, 4.69) is 61.7 Å². The fourth-order valence-electron chi connectivity index (χ4n) is 1.09. The van der Waals surface area contributed by atoms with E-state index in [-0.39, 0.29) is 0 Å². The number of aromatic amines is 1. The summed E-state index contributed by atoms with van der Waals surface area (Å²) in [7, 11) is 0. The van der Waals surface area contributed by atoms with Crippen LogP contribution >= 0.6 is 38.5 Å². The summed E-state index contributed by atoms with van der Waals surface area (Å²) in [5.41, 5.74) is 1.17. The van der Waals surface area contributed by atoms with E-state index >= 15 is 0 Å². The van der Waals surface area contributed by atoms with Gasteiger partial charge in [0.25, 0.3) is 0 Å². The lowest BCUT2D eigenvalue weighted by Gasteiger charge is -1.94. The molecule has 1 heterocycles. The van der Waals surface area contributed by atoms with Gasteiger partial charge in [-0.2, -0.15) is 0 Å². The lowest BCUT2D eigenvalue weighted by molar-refractivity contribution is 1.46. The monoisotopic (exact) mass is 321 g/mol. The number of hydrogen-bond donors (Lipinski definition) is 1. The molecule has 0 amide bonds. The molecule has 0 aliphatic rings. The molecule has 0 atom stereocenters. The van der Waals surface area contributed by atoms with Gasteiger partial charge in [0.2, 0.25) is 0 Å². The number of hydrogen-bond acceptors (Lipinski definition) is 0. The first-order valence-corrected chi connectivity index (χ1v) is 5.07. The van der Waals surface area contributed by atoms with Crippen molar-refractivity contribution < 1.29 is 0 Å². The van der Waals surface area contributed by atoms with Crippen molar-refractivity contribution in [3.05, 3.63) is 32.4 Å². The van der Waals surface area contributed by atoms with Crippen molar-refractivity contribution in [2.75, 3.05) is 0 Å². The molecule has 0 aliphatic heterocycles. The quantitative estimate of drug-likeness (QED) is 0.714. The van der Waals surface area contributed by atoms with E-state index in [0.29, 0.717) is 0 Å². The Bertz CT molecular complexity index is 394. The topological polar surface area (TPSA) is 15.8 Å². The lowest BCUT2D eigenvalue weighted by Crippen LogP contribution is -1.73. The molecule has 2 aromatic rings. The van der Waals surface area contributed by atoms with Gasteiger partial charge in [-0.3, -0.25) is 0 Å². The summed E-state index contributed by atoms with van der Waals surface area (Å²) in [6.45, 7) is 0. The van der Waals surface area contributed by atoms with Crippen molar-refractivity contribution in [3.8, 4) is 0 Å². The number of benzene rings is 1. The molecule has 3 heteroatoms. The van der Waals surface area contributed by atoms with E-state index < -0.39 is 0 Å². The number of halogens is 2. The number of rotatable bonds is 0. The molecule has 0 radical (unpaired) electrons. The highest BCUT2D eigenvalue weighted by Gasteiger charge is 1.99. The molecule has 1 nitrogen and oxygen atoms in total. The maximum atomic E-state index is 3.49. The molecule has 1 aromatic heterocycles. The van der Waals surface area contributed by atoms with E-state index in [9.17, 15) is 0 Å². The molecule has 0 unspecified atom stereocenters. The van der Waals surface area contributed by atoms with Gasteiger partial charge < -0.3 is 4.98 Å². The minimum Gasteiger partial charge on any atom is -0.360 e. The summed E-state index contributed by atoms with van der Waals surface area (Å²) < 4.78 is 2.38. The van der Waals surface area contributed by atoms with Gasteiger partial charge >= 0.3 is 0 Å². The number of fused-ring (bicyclic) bond motifs is 1. The summed E-state index contributed by atoms with van der Waals surface area (Å²) in [5, 5.41) is 1.25. The van der Waals surface area contributed by atoms with Gasteiger partial charge in [-0.1, -0.05) is 0 Å². The zero-order chi connectivity index (χ0) is 7.84. The van der Waals surface area contributed by atoms with Crippen LogP contribution in [0.4, 0.5) is 0 Å². The van der Waals surface area contributed by atoms with Crippen molar-refractivity contribution in [2.45, 2.75) is 0 Å². The van der Waals surface area contributed by atoms with E-state index in [1.54, 1.807) is 0 Å². The molecule has 0 aliphatic carbocycles. The van der Waals surface area contributed by atoms with Gasteiger partial charge in [0.1, 0.15) is 0 Å². The summed E-state index contributed by atoms with van der Waals surface area (Å²) >= 11 is 5.80. The van der Waals surface area contributed by atoms with E-state index in [4.69, 9.17) is 0 Å². The molecular weight excluding hydrogens is 317 g/mol. The fraction of sp³-hybridized carbons (Fsp3) is 0. The van der Waals surface area contributed by atoms with Crippen molar-refractivity contribution in [2.24, 2.45) is 0 Å². The minimum atomic E-state index is 1.13. The molecule has 0 spiro atoms. The maximum Gasteiger partial charge on any atom is 0.0599 e. The molecule has 0 fully saturated rings. The van der Waals surface area contributed by atoms with Gasteiger partial charge in [-0.05, 0) is 56.7 Å². The second-order valence-corrected chi connectivity index (χ2v) is 4.43. The van der Waals surface area contributed by atoms with Gasteiger partial charge in [0.05, 0.1) is 5.52 Å². The predicted molar refractivity (Wildman–Crippen MR) is 58.7 cm³/mol. The SMILES string of the molecule is Brc1cc(I)cc2cc[nH]c12. The van der Waals surface area contributed by atoms with Crippen LogP contribution in [0, 0.1) is 3.57 Å². The molecular formula is C8H5BrIN. The Morgan fingerprint density at radius 2 is 2.18 bits per heavy atom. The van der Waals surface area contributed by atoms with Crippen molar-refractivity contribution in [1.82, 2.24) is 4.98 Å². The Labute approximate surface area is 86.5 Å². The molecule has 2 rings (SSSR count). The van der Waals surface area contributed by atoms with Crippen LogP contribution in [-0.2, 0) is 0 Å². The normalized spacial score (nSPS) is 10.7. The molecule has 0 saturated carbocycles. The lowest BCUT2D eigenvalue weighted by atomic mass is 10.3. The number of nitrogens with one attached hydrogen (secondary N) is 1. The summed E-state index contributed by atoms with van der Waals surface area (Å²) in [5.74, 6) is 0. The first-order chi connectivity index (χ1) is 5.27. The van der Waals surface area contributed by atoms with E-state index in [0.717, 1.165) is 4.47 Å². The average Bonchev–Trinajstić information content (AvgIpc) is 2.34. The highest BCUT2D eigenvalue weighted by molar-refractivity contribution is 14.1. The van der Waals surface area contributed by atoms with Crippen LogP contribution in [0.1, 0.15) is 0 Å². The Morgan fingerprint density at radius 3 is 3.00 bits per heavy atom. The highest BCUT2D eigenvalue weighted by atomic mass is 127.